The first kappa shape index (κ1) is 16.9. The molecule has 1 aliphatic carbocycles. The summed E-state index contributed by atoms with van der Waals surface area (Å²) in [5.41, 5.74) is -0.653. The van der Waals surface area contributed by atoms with Crippen LogP contribution in [0.4, 0.5) is 0 Å². The second-order valence-electron chi connectivity index (χ2n) is 6.82. The van der Waals surface area contributed by atoms with Crippen LogP contribution in [0.25, 0.3) is 0 Å². The Bertz CT molecular complexity index is 394. The Kier molecular flexibility index (Phi) is 5.04. The van der Waals surface area contributed by atoms with Crippen molar-refractivity contribution in [3.63, 3.8) is 0 Å². The van der Waals surface area contributed by atoms with Crippen molar-refractivity contribution in [3.05, 3.63) is 0 Å². The molecule has 0 unspecified atom stereocenters. The maximum atomic E-state index is 12.0. The van der Waals surface area contributed by atoms with Gasteiger partial charge in [0.05, 0.1) is 5.60 Å². The Morgan fingerprint density at radius 3 is 2.11 bits per heavy atom. The van der Waals surface area contributed by atoms with E-state index in [0.717, 1.165) is 12.8 Å². The third-order valence-electron chi connectivity index (χ3n) is 4.22. The zero-order valence-electron chi connectivity index (χ0n) is 12.7. The standard InChI is InChI=1S/C13H28N2O3S/c1-11(2)15(5)19(17,18)14-10-13(16)8-6-12(3,4)7-9-13/h11,14,16H,6-10H2,1-5H3. The fourth-order valence-corrected chi connectivity index (χ4v) is 3.38. The summed E-state index contributed by atoms with van der Waals surface area (Å²) in [6, 6.07) is -0.0996. The molecule has 1 aliphatic rings. The molecule has 1 fully saturated rings. The number of hydrogen-bond donors (Lipinski definition) is 2. The van der Waals surface area contributed by atoms with Crippen LogP contribution >= 0.6 is 0 Å². The second kappa shape index (κ2) is 5.68. The van der Waals surface area contributed by atoms with Crippen LogP contribution in [0, 0.1) is 5.41 Å². The molecule has 0 aliphatic heterocycles. The van der Waals surface area contributed by atoms with E-state index in [4.69, 9.17) is 0 Å². The molecule has 0 aromatic carbocycles. The minimum Gasteiger partial charge on any atom is -0.389 e. The largest absolute Gasteiger partial charge is 0.389 e. The summed E-state index contributed by atoms with van der Waals surface area (Å²) in [5, 5.41) is 10.4. The van der Waals surface area contributed by atoms with Crippen molar-refractivity contribution in [1.82, 2.24) is 9.03 Å². The lowest BCUT2D eigenvalue weighted by Gasteiger charge is -2.40. The third-order valence-corrected chi connectivity index (χ3v) is 5.91. The van der Waals surface area contributed by atoms with Crippen LogP contribution in [0.1, 0.15) is 53.4 Å². The average molecular weight is 292 g/mol. The molecule has 0 aromatic heterocycles. The highest BCUT2D eigenvalue weighted by molar-refractivity contribution is 7.87. The minimum absolute atomic E-state index is 0.0996. The number of aliphatic hydroxyl groups is 1. The number of nitrogens with zero attached hydrogens (tertiary/aromatic N) is 1. The fourth-order valence-electron chi connectivity index (χ4n) is 2.17. The molecule has 2 N–H and O–H groups in total. The second-order valence-corrected chi connectivity index (χ2v) is 8.64. The molecule has 5 nitrogen and oxygen atoms in total. The lowest BCUT2D eigenvalue weighted by molar-refractivity contribution is -0.0208. The molecule has 1 rings (SSSR count). The van der Waals surface area contributed by atoms with Crippen molar-refractivity contribution in [2.75, 3.05) is 13.6 Å². The Balaban J connectivity index is 2.58. The van der Waals surface area contributed by atoms with Crippen LogP contribution in [0.5, 0.6) is 0 Å². The normalized spacial score (nSPS) is 22.9. The molecule has 0 aromatic rings. The van der Waals surface area contributed by atoms with Gasteiger partial charge in [-0.05, 0) is 44.9 Å². The fraction of sp³-hybridized carbons (Fsp3) is 1.00. The van der Waals surface area contributed by atoms with E-state index < -0.39 is 15.8 Å². The molecule has 114 valence electrons. The SMILES string of the molecule is CC(C)N(C)S(=O)(=O)NCC1(O)CCC(C)(C)CC1. The third kappa shape index (κ3) is 4.70. The van der Waals surface area contributed by atoms with E-state index in [2.05, 4.69) is 18.6 Å². The first-order chi connectivity index (χ1) is 8.48. The van der Waals surface area contributed by atoms with E-state index in [1.807, 2.05) is 13.8 Å². The van der Waals surface area contributed by atoms with E-state index in [0.29, 0.717) is 12.8 Å². The van der Waals surface area contributed by atoms with Gasteiger partial charge in [0.1, 0.15) is 0 Å². The molecule has 0 spiro atoms. The van der Waals surface area contributed by atoms with Crippen molar-refractivity contribution in [2.45, 2.75) is 65.0 Å². The highest BCUT2D eigenvalue weighted by atomic mass is 32.2. The van der Waals surface area contributed by atoms with Crippen molar-refractivity contribution >= 4 is 10.2 Å². The predicted molar refractivity (Wildman–Crippen MR) is 77.0 cm³/mol. The van der Waals surface area contributed by atoms with Gasteiger partial charge in [-0.25, -0.2) is 0 Å². The van der Waals surface area contributed by atoms with E-state index in [1.54, 1.807) is 7.05 Å². The Labute approximate surface area is 117 Å². The first-order valence-electron chi connectivity index (χ1n) is 6.93. The monoisotopic (exact) mass is 292 g/mol. The lowest BCUT2D eigenvalue weighted by atomic mass is 9.71. The van der Waals surface area contributed by atoms with Gasteiger partial charge < -0.3 is 5.11 Å². The van der Waals surface area contributed by atoms with Gasteiger partial charge in [0.15, 0.2) is 0 Å². The average Bonchev–Trinajstić information content (AvgIpc) is 2.30. The van der Waals surface area contributed by atoms with Gasteiger partial charge in [-0.2, -0.15) is 17.4 Å². The number of rotatable bonds is 5. The summed E-state index contributed by atoms with van der Waals surface area (Å²) in [4.78, 5) is 0. The van der Waals surface area contributed by atoms with Crippen molar-refractivity contribution in [3.8, 4) is 0 Å². The molecule has 0 heterocycles. The summed E-state index contributed by atoms with van der Waals surface area (Å²) in [7, 11) is -1.96. The number of nitrogens with one attached hydrogen (secondary N) is 1. The van der Waals surface area contributed by atoms with Crippen LogP contribution in [0.15, 0.2) is 0 Å². The molecule has 19 heavy (non-hydrogen) atoms. The molecular weight excluding hydrogens is 264 g/mol. The highest BCUT2D eigenvalue weighted by Crippen LogP contribution is 2.39. The summed E-state index contributed by atoms with van der Waals surface area (Å²) in [5.74, 6) is 0. The molecule has 6 heteroatoms. The van der Waals surface area contributed by atoms with Gasteiger partial charge in [0.25, 0.3) is 10.2 Å². The summed E-state index contributed by atoms with van der Waals surface area (Å²) in [6.45, 7) is 8.10. The van der Waals surface area contributed by atoms with Gasteiger partial charge in [-0.1, -0.05) is 13.8 Å². The molecule has 0 bridgehead atoms. The van der Waals surface area contributed by atoms with Crippen LogP contribution in [0.2, 0.25) is 0 Å². The zero-order chi connectivity index (χ0) is 14.9. The van der Waals surface area contributed by atoms with Crippen LogP contribution in [-0.4, -0.2) is 43.1 Å². The Hall–Kier alpha value is -0.170. The van der Waals surface area contributed by atoms with Crippen LogP contribution in [-0.2, 0) is 10.2 Å². The molecule has 0 radical (unpaired) electrons. The summed E-state index contributed by atoms with van der Waals surface area (Å²) >= 11 is 0. The predicted octanol–water partition coefficient (Wildman–Crippen LogP) is 1.49. The molecule has 0 amide bonds. The smallest absolute Gasteiger partial charge is 0.279 e. The zero-order valence-corrected chi connectivity index (χ0v) is 13.5. The quantitative estimate of drug-likeness (QED) is 0.806. The van der Waals surface area contributed by atoms with Crippen LogP contribution < -0.4 is 4.72 Å². The van der Waals surface area contributed by atoms with E-state index >= 15 is 0 Å². The van der Waals surface area contributed by atoms with Gasteiger partial charge in [0.2, 0.25) is 0 Å². The Morgan fingerprint density at radius 1 is 1.21 bits per heavy atom. The lowest BCUT2D eigenvalue weighted by Crippen LogP contribution is -2.50. The molecule has 0 saturated heterocycles. The van der Waals surface area contributed by atoms with E-state index in [-0.39, 0.29) is 18.0 Å². The molecule has 1 saturated carbocycles. The maximum absolute atomic E-state index is 12.0. The van der Waals surface area contributed by atoms with Gasteiger partial charge >= 0.3 is 0 Å². The first-order valence-corrected chi connectivity index (χ1v) is 8.37. The topological polar surface area (TPSA) is 69.6 Å². The van der Waals surface area contributed by atoms with Crippen molar-refractivity contribution < 1.29 is 13.5 Å². The maximum Gasteiger partial charge on any atom is 0.279 e. The van der Waals surface area contributed by atoms with Crippen molar-refractivity contribution in [1.29, 1.82) is 0 Å². The Morgan fingerprint density at radius 2 is 1.68 bits per heavy atom. The van der Waals surface area contributed by atoms with Gasteiger partial charge in [-0.15, -0.1) is 0 Å². The van der Waals surface area contributed by atoms with E-state index in [9.17, 15) is 13.5 Å². The number of hydrogen-bond acceptors (Lipinski definition) is 3. The summed E-state index contributed by atoms with van der Waals surface area (Å²) in [6.07, 6.45) is 3.14. The molecular formula is C13H28N2O3S. The minimum atomic E-state index is -3.50. The summed E-state index contributed by atoms with van der Waals surface area (Å²) < 4.78 is 27.8. The highest BCUT2D eigenvalue weighted by Gasteiger charge is 2.37. The van der Waals surface area contributed by atoms with Gasteiger partial charge in [0, 0.05) is 19.6 Å². The van der Waals surface area contributed by atoms with Gasteiger partial charge in [-0.3, -0.25) is 0 Å². The van der Waals surface area contributed by atoms with Crippen LogP contribution in [0.3, 0.4) is 0 Å². The van der Waals surface area contributed by atoms with Crippen molar-refractivity contribution in [2.24, 2.45) is 5.41 Å². The van der Waals surface area contributed by atoms with E-state index in [1.165, 1.54) is 4.31 Å². The molecule has 0 atom stereocenters.